The lowest BCUT2D eigenvalue weighted by atomic mass is 9.99. The number of thiocarbonyl (C=S) groups is 1. The molecule has 2 aromatic rings. The molecule has 0 saturated carbocycles. The van der Waals surface area contributed by atoms with E-state index in [4.69, 9.17) is 17.0 Å². The smallest absolute Gasteiger partial charge is 0.276 e. The fourth-order valence-electron chi connectivity index (χ4n) is 2.54. The summed E-state index contributed by atoms with van der Waals surface area (Å²) >= 11 is 4.94. The van der Waals surface area contributed by atoms with E-state index >= 15 is 0 Å². The van der Waals surface area contributed by atoms with E-state index < -0.39 is 16.7 Å². The van der Waals surface area contributed by atoms with Gasteiger partial charge in [-0.15, -0.1) is 0 Å². The molecular weight excluding hydrogens is 432 g/mol. The van der Waals surface area contributed by atoms with Crippen LogP contribution in [0, 0.1) is 10.1 Å². The first-order chi connectivity index (χ1) is 15.3. The van der Waals surface area contributed by atoms with E-state index in [0.29, 0.717) is 17.2 Å². The maximum absolute atomic E-state index is 11.9. The number of non-ortho nitro benzene ring substituents is 1. The van der Waals surface area contributed by atoms with Crippen molar-refractivity contribution in [3.8, 4) is 5.75 Å². The van der Waals surface area contributed by atoms with Gasteiger partial charge in [0, 0.05) is 18.2 Å². The highest BCUT2D eigenvalue weighted by Gasteiger charge is 2.07. The Kier molecular flexibility index (Phi) is 9.30. The van der Waals surface area contributed by atoms with Crippen molar-refractivity contribution >= 4 is 40.9 Å². The Labute approximate surface area is 191 Å². The van der Waals surface area contributed by atoms with Crippen molar-refractivity contribution in [3.05, 3.63) is 75.8 Å². The van der Waals surface area contributed by atoms with Crippen molar-refractivity contribution in [3.63, 3.8) is 0 Å². The zero-order chi connectivity index (χ0) is 23.5. The average Bonchev–Trinajstić information content (AvgIpc) is 2.80. The van der Waals surface area contributed by atoms with Crippen LogP contribution in [-0.2, 0) is 9.59 Å². The van der Waals surface area contributed by atoms with Crippen LogP contribution in [0.2, 0.25) is 0 Å². The van der Waals surface area contributed by atoms with Crippen LogP contribution in [0.15, 0.2) is 54.6 Å². The van der Waals surface area contributed by atoms with Gasteiger partial charge in [-0.2, -0.15) is 0 Å². The number of hydrogen-bond acceptors (Lipinski definition) is 6. The summed E-state index contributed by atoms with van der Waals surface area (Å²) in [4.78, 5) is 34.0. The maximum Gasteiger partial charge on any atom is 0.276 e. The highest BCUT2D eigenvalue weighted by molar-refractivity contribution is 7.80. The third kappa shape index (κ3) is 8.15. The number of nitro groups is 1. The standard InChI is InChI=1S/C22H24N4O5S/c1-3-15(2)17-8-10-19(11-9-17)31-14-21(28)24-25-22(32)23-20(27)12-7-16-5-4-6-18(13-16)26(29)30/h4-13,15H,3,14H2,1-2H3,(H,24,28)(H2,23,25,27,32)/b12-7+. The molecule has 3 N–H and O–H groups in total. The van der Waals surface area contributed by atoms with Gasteiger partial charge in [0.2, 0.25) is 5.91 Å². The molecule has 9 nitrogen and oxygen atoms in total. The van der Waals surface area contributed by atoms with Gasteiger partial charge < -0.3 is 4.74 Å². The van der Waals surface area contributed by atoms with Crippen LogP contribution in [0.3, 0.4) is 0 Å². The van der Waals surface area contributed by atoms with Gasteiger partial charge in [-0.05, 0) is 53.9 Å². The second-order valence-corrected chi connectivity index (χ2v) is 7.25. The molecule has 1 atom stereocenters. The third-order valence-corrected chi connectivity index (χ3v) is 4.70. The summed E-state index contributed by atoms with van der Waals surface area (Å²) in [5.74, 6) is -0.0381. The van der Waals surface area contributed by atoms with Gasteiger partial charge in [0.1, 0.15) is 5.75 Å². The molecule has 2 amide bonds. The van der Waals surface area contributed by atoms with E-state index in [-0.39, 0.29) is 17.4 Å². The molecule has 2 rings (SSSR count). The SMILES string of the molecule is CCC(C)c1ccc(OCC(=O)NNC(=S)NC(=O)/C=C/c2cccc([N+](=O)[O-])c2)cc1. The van der Waals surface area contributed by atoms with E-state index in [1.54, 1.807) is 18.2 Å². The molecule has 0 saturated heterocycles. The van der Waals surface area contributed by atoms with E-state index in [1.807, 2.05) is 12.1 Å². The maximum atomic E-state index is 11.9. The summed E-state index contributed by atoms with van der Waals surface area (Å²) in [5, 5.41) is 13.0. The summed E-state index contributed by atoms with van der Waals surface area (Å²) in [6.07, 6.45) is 3.61. The molecule has 10 heteroatoms. The number of ether oxygens (including phenoxy) is 1. The number of hydrazine groups is 1. The minimum atomic E-state index is -0.569. The number of benzene rings is 2. The molecular formula is C22H24N4O5S. The second-order valence-electron chi connectivity index (χ2n) is 6.84. The number of nitrogens with zero attached hydrogens (tertiary/aromatic N) is 1. The highest BCUT2D eigenvalue weighted by atomic mass is 32.1. The van der Waals surface area contributed by atoms with Crippen LogP contribution < -0.4 is 20.9 Å². The molecule has 1 unspecified atom stereocenters. The lowest BCUT2D eigenvalue weighted by Crippen LogP contribution is -2.49. The average molecular weight is 457 g/mol. The first-order valence-corrected chi connectivity index (χ1v) is 10.2. The molecule has 0 aliphatic rings. The Hall–Kier alpha value is -3.79. The molecule has 0 heterocycles. The van der Waals surface area contributed by atoms with Crippen LogP contribution in [0.1, 0.15) is 37.3 Å². The molecule has 0 aromatic heterocycles. The van der Waals surface area contributed by atoms with Crippen molar-refractivity contribution in [2.75, 3.05) is 6.61 Å². The zero-order valence-electron chi connectivity index (χ0n) is 17.7. The van der Waals surface area contributed by atoms with Crippen molar-refractivity contribution < 1.29 is 19.2 Å². The molecule has 2 aromatic carbocycles. The number of amides is 2. The lowest BCUT2D eigenvalue weighted by Gasteiger charge is -2.12. The van der Waals surface area contributed by atoms with Crippen LogP contribution in [0.25, 0.3) is 6.08 Å². The Morgan fingerprint density at radius 2 is 1.91 bits per heavy atom. The normalized spacial score (nSPS) is 11.4. The number of hydrogen-bond donors (Lipinski definition) is 3. The van der Waals surface area contributed by atoms with Crippen molar-refractivity contribution in [2.45, 2.75) is 26.2 Å². The molecule has 0 radical (unpaired) electrons. The van der Waals surface area contributed by atoms with Gasteiger partial charge in [-0.3, -0.25) is 35.9 Å². The fourth-order valence-corrected chi connectivity index (χ4v) is 2.69. The lowest BCUT2D eigenvalue weighted by molar-refractivity contribution is -0.384. The zero-order valence-corrected chi connectivity index (χ0v) is 18.5. The largest absolute Gasteiger partial charge is 0.484 e. The number of nitrogens with one attached hydrogen (secondary N) is 3. The Balaban J connectivity index is 1.72. The van der Waals surface area contributed by atoms with Gasteiger partial charge in [-0.25, -0.2) is 0 Å². The van der Waals surface area contributed by atoms with Crippen molar-refractivity contribution in [1.29, 1.82) is 0 Å². The van der Waals surface area contributed by atoms with E-state index in [1.165, 1.54) is 35.9 Å². The third-order valence-electron chi connectivity index (χ3n) is 4.49. The number of nitro benzene ring substituents is 1. The van der Waals surface area contributed by atoms with Gasteiger partial charge in [0.15, 0.2) is 11.7 Å². The minimum absolute atomic E-state index is 0.0823. The molecule has 32 heavy (non-hydrogen) atoms. The van der Waals surface area contributed by atoms with E-state index in [0.717, 1.165) is 6.42 Å². The Bertz CT molecular complexity index is 1010. The summed E-state index contributed by atoms with van der Waals surface area (Å²) in [6.45, 7) is 4.02. The van der Waals surface area contributed by atoms with Gasteiger partial charge in [0.25, 0.3) is 11.6 Å². The van der Waals surface area contributed by atoms with Crippen LogP contribution in [0.5, 0.6) is 5.75 Å². The first-order valence-electron chi connectivity index (χ1n) is 9.83. The quantitative estimate of drug-likeness (QED) is 0.241. The minimum Gasteiger partial charge on any atom is -0.484 e. The predicted octanol–water partition coefficient (Wildman–Crippen LogP) is 3.22. The monoisotopic (exact) mass is 456 g/mol. The molecule has 0 aliphatic carbocycles. The van der Waals surface area contributed by atoms with Crippen LogP contribution in [0.4, 0.5) is 5.69 Å². The van der Waals surface area contributed by atoms with E-state index in [2.05, 4.69) is 30.0 Å². The molecule has 0 bridgehead atoms. The number of carbonyl (C=O) groups excluding carboxylic acids is 2. The highest BCUT2D eigenvalue weighted by Crippen LogP contribution is 2.21. The molecule has 0 fully saturated rings. The van der Waals surface area contributed by atoms with Gasteiger partial charge >= 0.3 is 0 Å². The topological polar surface area (TPSA) is 123 Å². The first kappa shape index (κ1) is 24.5. The number of carbonyl (C=O) groups is 2. The van der Waals surface area contributed by atoms with Gasteiger partial charge in [0.05, 0.1) is 4.92 Å². The number of rotatable bonds is 8. The van der Waals surface area contributed by atoms with Crippen molar-refractivity contribution in [2.24, 2.45) is 0 Å². The van der Waals surface area contributed by atoms with Crippen LogP contribution in [-0.4, -0.2) is 28.5 Å². The summed E-state index contributed by atoms with van der Waals surface area (Å²) in [5.41, 5.74) is 6.32. The molecule has 0 spiro atoms. The summed E-state index contributed by atoms with van der Waals surface area (Å²) in [7, 11) is 0. The summed E-state index contributed by atoms with van der Waals surface area (Å²) < 4.78 is 5.42. The fraction of sp³-hybridized carbons (Fsp3) is 0.227. The Morgan fingerprint density at radius 3 is 2.56 bits per heavy atom. The van der Waals surface area contributed by atoms with E-state index in [9.17, 15) is 19.7 Å². The Morgan fingerprint density at radius 1 is 1.19 bits per heavy atom. The van der Waals surface area contributed by atoms with Crippen LogP contribution >= 0.6 is 12.2 Å². The molecule has 0 aliphatic heterocycles. The molecule has 168 valence electrons. The predicted molar refractivity (Wildman–Crippen MR) is 125 cm³/mol. The summed E-state index contributed by atoms with van der Waals surface area (Å²) in [6, 6.07) is 13.4. The van der Waals surface area contributed by atoms with Gasteiger partial charge in [-0.1, -0.05) is 38.1 Å². The second kappa shape index (κ2) is 12.2. The van der Waals surface area contributed by atoms with Crippen molar-refractivity contribution in [1.82, 2.24) is 16.2 Å².